The van der Waals surface area contributed by atoms with Crippen LogP contribution in [0.5, 0.6) is 0 Å². The molecule has 1 N–H and O–H groups in total. The largest absolute Gasteiger partial charge is 0.391 e. The topological polar surface area (TPSA) is 101 Å². The van der Waals surface area contributed by atoms with Crippen molar-refractivity contribution in [1.29, 1.82) is 0 Å². The van der Waals surface area contributed by atoms with Crippen LogP contribution in [0.4, 0.5) is 0 Å². The number of rotatable bonds is 3. The smallest absolute Gasteiger partial charge is 0.226 e. The number of fused-ring (bicyclic) bond motifs is 1. The fraction of sp³-hybridized carbons (Fsp3) is 0.789. The lowest BCUT2D eigenvalue weighted by molar-refractivity contribution is -0.140. The fourth-order valence-electron chi connectivity index (χ4n) is 4.46. The number of likely N-dealkylation sites (tertiary alicyclic amines) is 1. The van der Waals surface area contributed by atoms with Crippen LogP contribution in [0.3, 0.4) is 0 Å². The van der Waals surface area contributed by atoms with E-state index < -0.39 is 6.10 Å². The SMILES string of the molecule is CC(C)C(=O)N1CCn2c(nnc2[C@@H]2C[C@H](O)CN2C(=O)C2CCOCC2)C1. The zero-order chi connectivity index (χ0) is 19.8. The van der Waals surface area contributed by atoms with E-state index in [1.807, 2.05) is 23.3 Å². The number of aliphatic hydroxyl groups is 1. The first-order valence-corrected chi connectivity index (χ1v) is 10.2. The minimum absolute atomic E-state index is 0.0495. The van der Waals surface area contributed by atoms with Gasteiger partial charge in [0.15, 0.2) is 11.6 Å². The molecule has 4 rings (SSSR count). The van der Waals surface area contributed by atoms with Gasteiger partial charge in [-0.1, -0.05) is 13.8 Å². The standard InChI is InChI=1S/C19H29N5O4/c1-12(2)18(26)22-5-6-23-16(11-22)20-21-17(23)15-9-14(25)10-24(15)19(27)13-3-7-28-8-4-13/h12-15,25H,3-11H2,1-2H3/t14-,15-/m0/s1. The van der Waals surface area contributed by atoms with Gasteiger partial charge in [0.05, 0.1) is 18.7 Å². The van der Waals surface area contributed by atoms with Crippen LogP contribution < -0.4 is 0 Å². The van der Waals surface area contributed by atoms with Gasteiger partial charge in [-0.2, -0.15) is 0 Å². The highest BCUT2D eigenvalue weighted by Gasteiger charge is 2.41. The van der Waals surface area contributed by atoms with E-state index in [0.29, 0.717) is 45.8 Å². The number of β-amino-alcohol motifs (C(OH)–C–C–N with tert-alkyl or cyclic N) is 1. The highest BCUT2D eigenvalue weighted by molar-refractivity contribution is 5.80. The maximum Gasteiger partial charge on any atom is 0.226 e. The van der Waals surface area contributed by atoms with E-state index in [2.05, 4.69) is 10.2 Å². The lowest BCUT2D eigenvalue weighted by Crippen LogP contribution is -2.42. The van der Waals surface area contributed by atoms with Gasteiger partial charge in [0.2, 0.25) is 11.8 Å². The number of nitrogens with zero attached hydrogens (tertiary/aromatic N) is 5. The van der Waals surface area contributed by atoms with Gasteiger partial charge in [-0.3, -0.25) is 9.59 Å². The Morgan fingerprint density at radius 2 is 1.93 bits per heavy atom. The van der Waals surface area contributed by atoms with E-state index in [1.165, 1.54) is 0 Å². The molecule has 2 atom stereocenters. The van der Waals surface area contributed by atoms with E-state index >= 15 is 0 Å². The summed E-state index contributed by atoms with van der Waals surface area (Å²) in [7, 11) is 0. The van der Waals surface area contributed by atoms with E-state index in [9.17, 15) is 14.7 Å². The van der Waals surface area contributed by atoms with Gasteiger partial charge in [0.1, 0.15) is 0 Å². The Balaban J connectivity index is 1.54. The average Bonchev–Trinajstić information content (AvgIpc) is 3.29. The van der Waals surface area contributed by atoms with E-state index in [1.54, 1.807) is 4.90 Å². The summed E-state index contributed by atoms with van der Waals surface area (Å²) in [4.78, 5) is 29.0. The number of hydrogen-bond donors (Lipinski definition) is 1. The van der Waals surface area contributed by atoms with Crippen LogP contribution >= 0.6 is 0 Å². The summed E-state index contributed by atoms with van der Waals surface area (Å²) in [6.45, 7) is 7.00. The molecule has 0 spiro atoms. The molecule has 9 nitrogen and oxygen atoms in total. The summed E-state index contributed by atoms with van der Waals surface area (Å²) in [6.07, 6.45) is 1.37. The van der Waals surface area contributed by atoms with Gasteiger partial charge in [0, 0.05) is 51.1 Å². The Morgan fingerprint density at radius 3 is 2.64 bits per heavy atom. The third kappa shape index (κ3) is 3.53. The van der Waals surface area contributed by atoms with Gasteiger partial charge in [-0.25, -0.2) is 0 Å². The molecule has 2 saturated heterocycles. The molecule has 154 valence electrons. The Hall–Kier alpha value is -2.00. The number of hydrogen-bond acceptors (Lipinski definition) is 6. The summed E-state index contributed by atoms with van der Waals surface area (Å²) < 4.78 is 7.40. The third-order valence-corrected chi connectivity index (χ3v) is 6.02. The second-order valence-corrected chi connectivity index (χ2v) is 8.32. The fourth-order valence-corrected chi connectivity index (χ4v) is 4.46. The molecule has 1 aromatic rings. The molecule has 0 aromatic carbocycles. The minimum atomic E-state index is -0.552. The second kappa shape index (κ2) is 7.79. The van der Waals surface area contributed by atoms with Crippen LogP contribution in [0.25, 0.3) is 0 Å². The quantitative estimate of drug-likeness (QED) is 0.797. The summed E-state index contributed by atoms with van der Waals surface area (Å²) in [5, 5.41) is 18.9. The average molecular weight is 391 g/mol. The van der Waals surface area contributed by atoms with Crippen molar-refractivity contribution in [3.63, 3.8) is 0 Å². The highest BCUT2D eigenvalue weighted by Crippen LogP contribution is 2.35. The molecule has 3 aliphatic heterocycles. The van der Waals surface area contributed by atoms with Crippen LogP contribution in [0.2, 0.25) is 0 Å². The predicted molar refractivity (Wildman–Crippen MR) is 98.9 cm³/mol. The van der Waals surface area contributed by atoms with Crippen molar-refractivity contribution >= 4 is 11.8 Å². The number of aromatic nitrogens is 3. The molecule has 2 amide bonds. The van der Waals surface area contributed by atoms with Crippen molar-refractivity contribution in [2.24, 2.45) is 11.8 Å². The Bertz CT molecular complexity index is 743. The summed E-state index contributed by atoms with van der Waals surface area (Å²) >= 11 is 0. The number of carbonyl (C=O) groups is 2. The van der Waals surface area contributed by atoms with Crippen LogP contribution in [0, 0.1) is 11.8 Å². The van der Waals surface area contributed by atoms with Crippen LogP contribution in [0.15, 0.2) is 0 Å². The van der Waals surface area contributed by atoms with Crippen molar-refractivity contribution in [1.82, 2.24) is 24.6 Å². The molecule has 4 heterocycles. The van der Waals surface area contributed by atoms with Crippen LogP contribution in [0.1, 0.15) is 50.8 Å². The maximum absolute atomic E-state index is 13.1. The lowest BCUT2D eigenvalue weighted by Gasteiger charge is -2.32. The molecule has 28 heavy (non-hydrogen) atoms. The van der Waals surface area contributed by atoms with E-state index in [-0.39, 0.29) is 29.7 Å². The van der Waals surface area contributed by atoms with Gasteiger partial charge in [0.25, 0.3) is 0 Å². The molecule has 3 aliphatic rings. The van der Waals surface area contributed by atoms with Crippen molar-refractivity contribution in [2.75, 3.05) is 26.3 Å². The molecular formula is C19H29N5O4. The van der Waals surface area contributed by atoms with E-state index in [0.717, 1.165) is 24.5 Å². The van der Waals surface area contributed by atoms with Crippen molar-refractivity contribution < 1.29 is 19.4 Å². The first-order valence-electron chi connectivity index (χ1n) is 10.2. The Kier molecular flexibility index (Phi) is 5.37. The normalized spacial score (nSPS) is 26.0. The molecular weight excluding hydrogens is 362 g/mol. The summed E-state index contributed by atoms with van der Waals surface area (Å²) in [5.74, 6) is 1.56. The number of carbonyl (C=O) groups excluding carboxylic acids is 2. The number of amides is 2. The number of ether oxygens (including phenoxy) is 1. The Morgan fingerprint density at radius 1 is 1.18 bits per heavy atom. The summed E-state index contributed by atoms with van der Waals surface area (Å²) in [5.41, 5.74) is 0. The third-order valence-electron chi connectivity index (χ3n) is 6.02. The first kappa shape index (κ1) is 19.3. The van der Waals surface area contributed by atoms with Crippen molar-refractivity contribution in [2.45, 2.75) is 58.3 Å². The molecule has 0 bridgehead atoms. The minimum Gasteiger partial charge on any atom is -0.391 e. The van der Waals surface area contributed by atoms with Gasteiger partial charge in [-0.15, -0.1) is 10.2 Å². The van der Waals surface area contributed by atoms with Crippen molar-refractivity contribution in [3.05, 3.63) is 11.6 Å². The second-order valence-electron chi connectivity index (χ2n) is 8.32. The molecule has 0 radical (unpaired) electrons. The molecule has 0 unspecified atom stereocenters. The maximum atomic E-state index is 13.1. The molecule has 1 aromatic heterocycles. The van der Waals surface area contributed by atoms with Gasteiger partial charge >= 0.3 is 0 Å². The van der Waals surface area contributed by atoms with Gasteiger partial charge < -0.3 is 24.2 Å². The molecule has 0 aliphatic carbocycles. The number of aliphatic hydroxyl groups excluding tert-OH is 1. The zero-order valence-corrected chi connectivity index (χ0v) is 16.6. The van der Waals surface area contributed by atoms with Crippen molar-refractivity contribution in [3.8, 4) is 0 Å². The first-order chi connectivity index (χ1) is 13.5. The monoisotopic (exact) mass is 391 g/mol. The highest BCUT2D eigenvalue weighted by atomic mass is 16.5. The molecule has 2 fully saturated rings. The predicted octanol–water partition coefficient (Wildman–Crippen LogP) is 0.337. The van der Waals surface area contributed by atoms with Gasteiger partial charge in [-0.05, 0) is 12.8 Å². The van der Waals surface area contributed by atoms with Crippen LogP contribution in [-0.2, 0) is 27.4 Å². The molecule has 0 saturated carbocycles. The molecule has 9 heteroatoms. The Labute approximate surface area is 164 Å². The van der Waals surface area contributed by atoms with Crippen LogP contribution in [-0.4, -0.2) is 73.9 Å². The lowest BCUT2D eigenvalue weighted by atomic mass is 9.98. The van der Waals surface area contributed by atoms with E-state index in [4.69, 9.17) is 4.74 Å². The zero-order valence-electron chi connectivity index (χ0n) is 16.6. The summed E-state index contributed by atoms with van der Waals surface area (Å²) in [6, 6.07) is -0.265.